The molecule has 0 saturated carbocycles. The molecule has 0 aliphatic heterocycles. The van der Waals surface area contributed by atoms with Crippen LogP contribution in [0.25, 0.3) is 0 Å². The zero-order valence-electron chi connectivity index (χ0n) is 10.7. The van der Waals surface area contributed by atoms with Gasteiger partial charge in [0, 0.05) is 11.4 Å². The van der Waals surface area contributed by atoms with E-state index in [1.165, 1.54) is 11.8 Å². The van der Waals surface area contributed by atoms with Gasteiger partial charge in [0.2, 0.25) is 5.91 Å². The summed E-state index contributed by atoms with van der Waals surface area (Å²) in [4.78, 5) is 12.6. The number of thioether (sulfide) groups is 1. The molecule has 0 radical (unpaired) electrons. The molecule has 1 unspecified atom stereocenters. The molecule has 0 fully saturated rings. The Balaban J connectivity index is 2.64. The Morgan fingerprint density at radius 2 is 1.83 bits per heavy atom. The van der Waals surface area contributed by atoms with Crippen molar-refractivity contribution in [2.24, 2.45) is 5.92 Å². The molecule has 1 amide bonds. The Morgan fingerprint density at radius 1 is 1.28 bits per heavy atom. The summed E-state index contributed by atoms with van der Waals surface area (Å²) in [5.41, 5.74) is 0. The number of benzene rings is 1. The minimum absolute atomic E-state index is 0.00434. The first kappa shape index (κ1) is 15.7. The molecule has 0 bridgehead atoms. The Labute approximate surface area is 122 Å². The van der Waals surface area contributed by atoms with E-state index in [1.54, 1.807) is 18.2 Å². The minimum atomic E-state index is -0.221. The summed E-state index contributed by atoms with van der Waals surface area (Å²) >= 11 is 13.5. The maximum atomic E-state index is 11.9. The van der Waals surface area contributed by atoms with Crippen LogP contribution in [0.15, 0.2) is 23.1 Å². The van der Waals surface area contributed by atoms with Gasteiger partial charge in [-0.05, 0) is 25.0 Å². The van der Waals surface area contributed by atoms with Crippen LogP contribution in [0.5, 0.6) is 0 Å². The third-order valence-corrected chi connectivity index (χ3v) is 4.36. The number of hydrogen-bond acceptors (Lipinski definition) is 2. The molecule has 5 heteroatoms. The molecule has 1 N–H and O–H groups in total. The molecule has 1 aromatic rings. The number of amides is 1. The second-order valence-electron chi connectivity index (χ2n) is 4.45. The van der Waals surface area contributed by atoms with Crippen LogP contribution >= 0.6 is 35.0 Å². The second kappa shape index (κ2) is 7.27. The highest BCUT2D eigenvalue weighted by molar-refractivity contribution is 8.00. The van der Waals surface area contributed by atoms with Crippen molar-refractivity contribution in [3.05, 3.63) is 28.2 Å². The lowest BCUT2D eigenvalue weighted by molar-refractivity contribution is -0.120. The Kier molecular flexibility index (Phi) is 6.33. The van der Waals surface area contributed by atoms with Crippen LogP contribution < -0.4 is 5.32 Å². The highest BCUT2D eigenvalue weighted by Crippen LogP contribution is 2.36. The summed E-state index contributed by atoms with van der Waals surface area (Å²) in [5.74, 6) is 0.444. The van der Waals surface area contributed by atoms with E-state index in [0.29, 0.717) is 22.5 Å². The minimum Gasteiger partial charge on any atom is -0.355 e. The van der Waals surface area contributed by atoms with E-state index in [1.807, 2.05) is 6.92 Å². The molecule has 0 heterocycles. The number of rotatable bonds is 5. The first-order chi connectivity index (χ1) is 8.41. The second-order valence-corrected chi connectivity index (χ2v) is 6.62. The Hall–Kier alpha value is -0.380. The molecule has 100 valence electrons. The van der Waals surface area contributed by atoms with E-state index >= 15 is 0 Å². The van der Waals surface area contributed by atoms with Crippen molar-refractivity contribution in [1.82, 2.24) is 5.32 Å². The molecule has 2 nitrogen and oxygen atoms in total. The molecule has 1 atom stereocenters. The normalized spacial score (nSPS) is 12.6. The van der Waals surface area contributed by atoms with E-state index in [-0.39, 0.29) is 11.2 Å². The highest BCUT2D eigenvalue weighted by atomic mass is 35.5. The highest BCUT2D eigenvalue weighted by Gasteiger charge is 2.17. The molecule has 0 aliphatic carbocycles. The predicted octanol–water partition coefficient (Wildman–Crippen LogP) is 4.25. The quantitative estimate of drug-likeness (QED) is 0.824. The summed E-state index contributed by atoms with van der Waals surface area (Å²) in [5, 5.41) is 3.83. The fourth-order valence-electron chi connectivity index (χ4n) is 1.27. The van der Waals surface area contributed by atoms with Gasteiger partial charge in [0.25, 0.3) is 0 Å². The van der Waals surface area contributed by atoms with E-state index < -0.39 is 0 Å². The van der Waals surface area contributed by atoms with E-state index in [2.05, 4.69) is 19.2 Å². The zero-order chi connectivity index (χ0) is 13.7. The number of carbonyl (C=O) groups is 1. The topological polar surface area (TPSA) is 29.1 Å². The summed E-state index contributed by atoms with van der Waals surface area (Å²) in [7, 11) is 0. The molecule has 18 heavy (non-hydrogen) atoms. The van der Waals surface area contributed by atoms with Crippen molar-refractivity contribution in [2.45, 2.75) is 30.9 Å². The van der Waals surface area contributed by atoms with Gasteiger partial charge in [-0.15, -0.1) is 11.8 Å². The molecule has 0 saturated heterocycles. The fraction of sp³-hybridized carbons (Fsp3) is 0.462. The van der Waals surface area contributed by atoms with Gasteiger partial charge in [0.1, 0.15) is 0 Å². The van der Waals surface area contributed by atoms with Gasteiger partial charge in [-0.25, -0.2) is 0 Å². The first-order valence-electron chi connectivity index (χ1n) is 5.80. The third kappa shape index (κ3) is 4.71. The predicted molar refractivity (Wildman–Crippen MR) is 79.6 cm³/mol. The monoisotopic (exact) mass is 305 g/mol. The Morgan fingerprint density at radius 3 is 2.33 bits per heavy atom. The van der Waals surface area contributed by atoms with Crippen molar-refractivity contribution in [3.8, 4) is 0 Å². The summed E-state index contributed by atoms with van der Waals surface area (Å²) in [6.07, 6.45) is 0. The van der Waals surface area contributed by atoms with Gasteiger partial charge >= 0.3 is 0 Å². The maximum absolute atomic E-state index is 11.9. The maximum Gasteiger partial charge on any atom is 0.233 e. The van der Waals surface area contributed by atoms with Gasteiger partial charge in [-0.1, -0.05) is 43.1 Å². The average molecular weight is 306 g/mol. The molecular formula is C13H17Cl2NOS. The zero-order valence-corrected chi connectivity index (χ0v) is 13.0. The van der Waals surface area contributed by atoms with Gasteiger partial charge in [0.15, 0.2) is 0 Å². The standard InChI is InChI=1S/C13H17Cl2NOS/c1-8(2)7-16-13(17)9(3)18-12-10(14)5-4-6-11(12)15/h4-6,8-9H,7H2,1-3H3,(H,16,17). The summed E-state index contributed by atoms with van der Waals surface area (Å²) in [6, 6.07) is 5.33. The Bertz CT molecular complexity index is 403. The van der Waals surface area contributed by atoms with E-state index in [9.17, 15) is 4.79 Å². The average Bonchev–Trinajstić information content (AvgIpc) is 2.30. The molecule has 0 aliphatic rings. The van der Waals surface area contributed by atoms with Crippen LogP contribution in [-0.4, -0.2) is 17.7 Å². The van der Waals surface area contributed by atoms with Crippen molar-refractivity contribution >= 4 is 40.9 Å². The lowest BCUT2D eigenvalue weighted by atomic mass is 10.2. The molecular weight excluding hydrogens is 289 g/mol. The van der Waals surface area contributed by atoms with Crippen LogP contribution in [0.4, 0.5) is 0 Å². The number of nitrogens with one attached hydrogen (secondary N) is 1. The van der Waals surface area contributed by atoms with Crippen molar-refractivity contribution in [3.63, 3.8) is 0 Å². The van der Waals surface area contributed by atoms with Crippen LogP contribution in [0.3, 0.4) is 0 Å². The summed E-state index contributed by atoms with van der Waals surface area (Å²) < 4.78 is 0. The van der Waals surface area contributed by atoms with Crippen LogP contribution in [0.2, 0.25) is 10.0 Å². The SMILES string of the molecule is CC(C)CNC(=O)C(C)Sc1c(Cl)cccc1Cl. The van der Waals surface area contributed by atoms with Crippen molar-refractivity contribution in [2.75, 3.05) is 6.54 Å². The fourth-order valence-corrected chi connectivity index (χ4v) is 2.84. The van der Waals surface area contributed by atoms with Gasteiger partial charge in [-0.3, -0.25) is 4.79 Å². The van der Waals surface area contributed by atoms with Crippen molar-refractivity contribution < 1.29 is 4.79 Å². The van der Waals surface area contributed by atoms with Gasteiger partial charge in [-0.2, -0.15) is 0 Å². The van der Waals surface area contributed by atoms with Crippen LogP contribution in [0.1, 0.15) is 20.8 Å². The van der Waals surface area contributed by atoms with E-state index in [4.69, 9.17) is 23.2 Å². The lowest BCUT2D eigenvalue weighted by Gasteiger charge is -2.14. The number of carbonyl (C=O) groups excluding carboxylic acids is 1. The van der Waals surface area contributed by atoms with E-state index in [0.717, 1.165) is 4.90 Å². The van der Waals surface area contributed by atoms with Crippen molar-refractivity contribution in [1.29, 1.82) is 0 Å². The number of halogens is 2. The molecule has 0 aromatic heterocycles. The number of hydrogen-bond donors (Lipinski definition) is 1. The van der Waals surface area contributed by atoms with Gasteiger partial charge < -0.3 is 5.32 Å². The molecule has 0 spiro atoms. The molecule has 1 rings (SSSR count). The van der Waals surface area contributed by atoms with Crippen LogP contribution in [0, 0.1) is 5.92 Å². The summed E-state index contributed by atoms with van der Waals surface area (Å²) in [6.45, 7) is 6.64. The molecule has 1 aromatic carbocycles. The smallest absolute Gasteiger partial charge is 0.233 e. The third-order valence-electron chi connectivity index (χ3n) is 2.27. The lowest BCUT2D eigenvalue weighted by Crippen LogP contribution is -2.33. The largest absolute Gasteiger partial charge is 0.355 e. The first-order valence-corrected chi connectivity index (χ1v) is 7.43. The van der Waals surface area contributed by atoms with Gasteiger partial charge in [0.05, 0.1) is 15.3 Å². The van der Waals surface area contributed by atoms with Crippen LogP contribution in [-0.2, 0) is 4.79 Å².